The Kier molecular flexibility index (Phi) is 8.53. The zero-order valence-corrected chi connectivity index (χ0v) is 16.9. The summed E-state index contributed by atoms with van der Waals surface area (Å²) in [5.74, 6) is 0.322. The van der Waals surface area contributed by atoms with Crippen LogP contribution in [0.3, 0.4) is 0 Å². The van der Waals surface area contributed by atoms with Gasteiger partial charge in [0.1, 0.15) is 11.8 Å². The number of carbonyl (C=O) groups is 2. The van der Waals surface area contributed by atoms with Crippen molar-refractivity contribution in [1.29, 1.82) is 0 Å². The van der Waals surface area contributed by atoms with Crippen LogP contribution in [0.5, 0.6) is 5.75 Å². The first-order valence-corrected chi connectivity index (χ1v) is 9.82. The van der Waals surface area contributed by atoms with E-state index in [0.29, 0.717) is 25.1 Å². The maximum atomic E-state index is 12.9. The molecule has 0 aliphatic heterocycles. The quantitative estimate of drug-likeness (QED) is 0.685. The van der Waals surface area contributed by atoms with Gasteiger partial charge >= 0.3 is 0 Å². The molecule has 0 spiro atoms. The van der Waals surface area contributed by atoms with Crippen molar-refractivity contribution in [3.8, 4) is 5.75 Å². The van der Waals surface area contributed by atoms with Crippen LogP contribution >= 0.6 is 0 Å². The number of amides is 2. The molecule has 0 fully saturated rings. The number of para-hydroxylation sites is 1. The van der Waals surface area contributed by atoms with Crippen LogP contribution in [0.2, 0.25) is 0 Å². The van der Waals surface area contributed by atoms with Crippen molar-refractivity contribution >= 4 is 11.8 Å². The molecule has 150 valence electrons. The van der Waals surface area contributed by atoms with Crippen LogP contribution in [0.25, 0.3) is 0 Å². The van der Waals surface area contributed by atoms with Crippen molar-refractivity contribution in [3.63, 3.8) is 0 Å². The minimum absolute atomic E-state index is 0.0215. The third kappa shape index (κ3) is 6.72. The Hall–Kier alpha value is -2.82. The van der Waals surface area contributed by atoms with Gasteiger partial charge in [-0.25, -0.2) is 0 Å². The summed E-state index contributed by atoms with van der Waals surface area (Å²) >= 11 is 0. The Morgan fingerprint density at radius 2 is 1.61 bits per heavy atom. The van der Waals surface area contributed by atoms with Crippen LogP contribution in [-0.2, 0) is 16.0 Å². The average molecular weight is 383 g/mol. The van der Waals surface area contributed by atoms with Gasteiger partial charge in [-0.3, -0.25) is 9.59 Å². The van der Waals surface area contributed by atoms with Gasteiger partial charge in [0.15, 0.2) is 6.61 Å². The normalized spacial score (nSPS) is 11.7. The Bertz CT molecular complexity index is 732. The summed E-state index contributed by atoms with van der Waals surface area (Å²) in [5, 5.41) is 2.93. The molecule has 0 saturated heterocycles. The molecule has 0 radical (unpaired) electrons. The van der Waals surface area contributed by atoms with Crippen molar-refractivity contribution in [1.82, 2.24) is 10.2 Å². The van der Waals surface area contributed by atoms with Crippen LogP contribution in [0.15, 0.2) is 60.7 Å². The second-order valence-corrected chi connectivity index (χ2v) is 7.01. The molecular formula is C23H30N2O3. The van der Waals surface area contributed by atoms with Crippen molar-refractivity contribution in [2.45, 2.75) is 45.7 Å². The molecule has 1 atom stereocenters. The van der Waals surface area contributed by atoms with E-state index in [1.807, 2.05) is 81.4 Å². The Labute approximate surface area is 167 Å². The van der Waals surface area contributed by atoms with Gasteiger partial charge in [0.05, 0.1) is 0 Å². The number of nitrogens with zero attached hydrogens (tertiary/aromatic N) is 1. The lowest BCUT2D eigenvalue weighted by atomic mass is 10.1. The number of benzene rings is 2. The van der Waals surface area contributed by atoms with E-state index in [2.05, 4.69) is 5.32 Å². The molecule has 0 aliphatic carbocycles. The molecule has 1 unspecified atom stereocenters. The molecule has 0 saturated carbocycles. The highest BCUT2D eigenvalue weighted by molar-refractivity contribution is 5.88. The summed E-state index contributed by atoms with van der Waals surface area (Å²) in [6, 6.07) is 18.7. The number of hydrogen-bond acceptors (Lipinski definition) is 3. The van der Waals surface area contributed by atoms with Gasteiger partial charge < -0.3 is 15.0 Å². The van der Waals surface area contributed by atoms with Crippen LogP contribution in [0.4, 0.5) is 0 Å². The molecule has 5 nitrogen and oxygen atoms in total. The fraction of sp³-hybridized carbons (Fsp3) is 0.391. The Morgan fingerprint density at radius 3 is 2.18 bits per heavy atom. The van der Waals surface area contributed by atoms with E-state index >= 15 is 0 Å². The molecular weight excluding hydrogens is 352 g/mol. The SMILES string of the molecule is CCC(C(=O)NC(C)C)N(CCc1ccccc1)C(=O)COc1ccccc1. The maximum absolute atomic E-state index is 12.9. The van der Waals surface area contributed by atoms with Crippen molar-refractivity contribution in [3.05, 3.63) is 66.2 Å². The van der Waals surface area contributed by atoms with Gasteiger partial charge in [-0.15, -0.1) is 0 Å². The lowest BCUT2D eigenvalue weighted by Gasteiger charge is -2.31. The minimum Gasteiger partial charge on any atom is -0.484 e. The first-order valence-electron chi connectivity index (χ1n) is 9.82. The number of hydrogen-bond donors (Lipinski definition) is 1. The highest BCUT2D eigenvalue weighted by atomic mass is 16.5. The molecule has 28 heavy (non-hydrogen) atoms. The Balaban J connectivity index is 2.10. The van der Waals surface area contributed by atoms with Crippen molar-refractivity contribution in [2.75, 3.05) is 13.2 Å². The topological polar surface area (TPSA) is 58.6 Å². The van der Waals surface area contributed by atoms with Gasteiger partial charge in [-0.2, -0.15) is 0 Å². The smallest absolute Gasteiger partial charge is 0.261 e. The molecule has 0 bridgehead atoms. The number of ether oxygens (including phenoxy) is 1. The summed E-state index contributed by atoms with van der Waals surface area (Å²) in [5.41, 5.74) is 1.13. The summed E-state index contributed by atoms with van der Waals surface area (Å²) in [6.07, 6.45) is 1.23. The second kappa shape index (κ2) is 11.1. The van der Waals surface area contributed by atoms with Crippen LogP contribution in [0.1, 0.15) is 32.8 Å². The van der Waals surface area contributed by atoms with Crippen LogP contribution < -0.4 is 10.1 Å². The van der Waals surface area contributed by atoms with Gasteiger partial charge in [-0.1, -0.05) is 55.5 Å². The number of nitrogens with one attached hydrogen (secondary N) is 1. The number of carbonyl (C=O) groups excluding carboxylic acids is 2. The first-order chi connectivity index (χ1) is 13.5. The molecule has 2 rings (SSSR count). The van der Waals surface area contributed by atoms with E-state index in [1.165, 1.54) is 0 Å². The lowest BCUT2D eigenvalue weighted by Crippen LogP contribution is -2.52. The fourth-order valence-electron chi connectivity index (χ4n) is 3.02. The lowest BCUT2D eigenvalue weighted by molar-refractivity contribution is -0.142. The number of rotatable bonds is 10. The van der Waals surface area contributed by atoms with E-state index < -0.39 is 6.04 Å². The minimum atomic E-state index is -0.516. The second-order valence-electron chi connectivity index (χ2n) is 7.01. The van der Waals surface area contributed by atoms with E-state index in [-0.39, 0.29) is 24.5 Å². The van der Waals surface area contributed by atoms with Crippen LogP contribution in [-0.4, -0.2) is 41.9 Å². The third-order valence-electron chi connectivity index (χ3n) is 4.41. The van der Waals surface area contributed by atoms with E-state index in [9.17, 15) is 9.59 Å². The predicted octanol–water partition coefficient (Wildman–Crippen LogP) is 3.44. The fourth-order valence-corrected chi connectivity index (χ4v) is 3.02. The third-order valence-corrected chi connectivity index (χ3v) is 4.41. The molecule has 1 N–H and O–H groups in total. The standard InChI is InChI=1S/C23H30N2O3/c1-4-21(23(27)24-18(2)3)25(16-15-19-11-7-5-8-12-19)22(26)17-28-20-13-9-6-10-14-20/h5-14,18,21H,4,15-17H2,1-3H3,(H,24,27). The predicted molar refractivity (Wildman–Crippen MR) is 111 cm³/mol. The highest BCUT2D eigenvalue weighted by Crippen LogP contribution is 2.12. The first kappa shape index (κ1) is 21.5. The molecule has 2 amide bonds. The van der Waals surface area contributed by atoms with E-state index in [4.69, 9.17) is 4.74 Å². The largest absolute Gasteiger partial charge is 0.484 e. The molecule has 2 aromatic rings. The molecule has 0 aliphatic rings. The maximum Gasteiger partial charge on any atom is 0.261 e. The van der Waals surface area contributed by atoms with Gasteiger partial charge in [0.2, 0.25) is 5.91 Å². The van der Waals surface area contributed by atoms with E-state index in [1.54, 1.807) is 4.90 Å². The molecule has 0 aromatic heterocycles. The monoisotopic (exact) mass is 382 g/mol. The summed E-state index contributed by atoms with van der Waals surface area (Å²) in [7, 11) is 0. The van der Waals surface area contributed by atoms with Gasteiger partial charge in [-0.05, 0) is 44.4 Å². The molecule has 0 heterocycles. The van der Waals surface area contributed by atoms with Crippen LogP contribution in [0, 0.1) is 0 Å². The van der Waals surface area contributed by atoms with Crippen molar-refractivity contribution < 1.29 is 14.3 Å². The van der Waals surface area contributed by atoms with Crippen molar-refractivity contribution in [2.24, 2.45) is 0 Å². The summed E-state index contributed by atoms with van der Waals surface area (Å²) in [4.78, 5) is 27.3. The Morgan fingerprint density at radius 1 is 1.00 bits per heavy atom. The molecule has 2 aromatic carbocycles. The van der Waals surface area contributed by atoms with Gasteiger partial charge in [0.25, 0.3) is 5.91 Å². The average Bonchev–Trinajstić information content (AvgIpc) is 2.70. The molecule has 5 heteroatoms. The van der Waals surface area contributed by atoms with Gasteiger partial charge in [0, 0.05) is 12.6 Å². The summed E-state index contributed by atoms with van der Waals surface area (Å²) in [6.45, 7) is 6.12. The zero-order chi connectivity index (χ0) is 20.4. The van der Waals surface area contributed by atoms with E-state index in [0.717, 1.165) is 5.56 Å². The highest BCUT2D eigenvalue weighted by Gasteiger charge is 2.28. The summed E-state index contributed by atoms with van der Waals surface area (Å²) < 4.78 is 5.63. The zero-order valence-electron chi connectivity index (χ0n) is 16.9.